The first-order valence-corrected chi connectivity index (χ1v) is 5.22. The molecule has 0 unspecified atom stereocenters. The molecule has 0 spiro atoms. The van der Waals surface area contributed by atoms with Crippen molar-refractivity contribution in [2.75, 3.05) is 6.61 Å². The van der Waals surface area contributed by atoms with Gasteiger partial charge in [-0.3, -0.25) is 0 Å². The zero-order valence-corrected chi connectivity index (χ0v) is 8.48. The van der Waals surface area contributed by atoms with E-state index in [2.05, 4.69) is 0 Å². The number of benzene rings is 1. The van der Waals surface area contributed by atoms with Crippen molar-refractivity contribution >= 4 is 5.97 Å². The van der Waals surface area contributed by atoms with Crippen LogP contribution in [0.25, 0.3) is 0 Å². The van der Waals surface area contributed by atoms with Crippen LogP contribution in [0.15, 0.2) is 24.3 Å². The molecule has 3 heteroatoms. The topological polar surface area (TPSA) is 46.5 Å². The maximum absolute atomic E-state index is 10.7. The quantitative estimate of drug-likeness (QED) is 0.823. The highest BCUT2D eigenvalue weighted by Gasteiger charge is 2.17. The molecule has 0 bridgehead atoms. The van der Waals surface area contributed by atoms with E-state index < -0.39 is 5.97 Å². The highest BCUT2D eigenvalue weighted by atomic mass is 16.5. The van der Waals surface area contributed by atoms with Gasteiger partial charge in [0.2, 0.25) is 0 Å². The molecule has 0 heterocycles. The van der Waals surface area contributed by atoms with Crippen LogP contribution in [0.1, 0.15) is 29.6 Å². The van der Waals surface area contributed by atoms with Gasteiger partial charge in [-0.1, -0.05) is 12.5 Å². The van der Waals surface area contributed by atoms with E-state index in [1.54, 1.807) is 24.3 Å². The minimum Gasteiger partial charge on any atom is -0.493 e. The lowest BCUT2D eigenvalue weighted by Crippen LogP contribution is -2.19. The third-order valence-electron chi connectivity index (χ3n) is 2.79. The number of carbonyl (C=O) groups is 1. The monoisotopic (exact) mass is 206 g/mol. The second kappa shape index (κ2) is 4.34. The molecule has 1 saturated carbocycles. The zero-order chi connectivity index (χ0) is 10.7. The molecule has 3 nitrogen and oxygen atoms in total. The lowest BCUT2D eigenvalue weighted by Gasteiger charge is -2.25. The van der Waals surface area contributed by atoms with Gasteiger partial charge in [0.05, 0.1) is 12.2 Å². The summed E-state index contributed by atoms with van der Waals surface area (Å²) < 4.78 is 5.54. The first-order valence-electron chi connectivity index (χ1n) is 5.22. The van der Waals surface area contributed by atoms with Gasteiger partial charge in [-0.25, -0.2) is 4.79 Å². The van der Waals surface area contributed by atoms with Crippen LogP contribution in [0.4, 0.5) is 0 Å². The molecular formula is C12H14O3. The fourth-order valence-corrected chi connectivity index (χ4v) is 1.59. The van der Waals surface area contributed by atoms with Crippen LogP contribution in [0.5, 0.6) is 5.75 Å². The normalized spacial score (nSPS) is 15.7. The lowest BCUT2D eigenvalue weighted by molar-refractivity contribution is 0.0696. The van der Waals surface area contributed by atoms with E-state index in [4.69, 9.17) is 9.84 Å². The summed E-state index contributed by atoms with van der Waals surface area (Å²) >= 11 is 0. The molecule has 0 amide bonds. The summed E-state index contributed by atoms with van der Waals surface area (Å²) in [7, 11) is 0. The predicted molar refractivity (Wildman–Crippen MR) is 56.2 cm³/mol. The number of aromatic carboxylic acids is 1. The Bertz CT molecular complexity index is 356. The van der Waals surface area contributed by atoms with E-state index in [1.165, 1.54) is 19.3 Å². The Morgan fingerprint density at radius 1 is 1.47 bits per heavy atom. The molecule has 1 aromatic carbocycles. The third-order valence-corrected chi connectivity index (χ3v) is 2.79. The molecule has 80 valence electrons. The summed E-state index contributed by atoms with van der Waals surface area (Å²) in [5.74, 6) is 0.407. The molecule has 0 aromatic heterocycles. The maximum Gasteiger partial charge on any atom is 0.335 e. The SMILES string of the molecule is O=C(O)c1cccc(OCC2CCC2)c1. The summed E-state index contributed by atoms with van der Waals surface area (Å²) in [6.07, 6.45) is 3.76. The third kappa shape index (κ3) is 2.49. The second-order valence-corrected chi connectivity index (χ2v) is 3.94. The summed E-state index contributed by atoms with van der Waals surface area (Å²) in [6, 6.07) is 6.64. The molecule has 2 rings (SSSR count). The largest absolute Gasteiger partial charge is 0.493 e. The maximum atomic E-state index is 10.7. The van der Waals surface area contributed by atoms with Gasteiger partial charge in [0.25, 0.3) is 0 Å². The molecule has 0 atom stereocenters. The number of ether oxygens (including phenoxy) is 1. The Hall–Kier alpha value is -1.51. The Balaban J connectivity index is 1.94. The van der Waals surface area contributed by atoms with Gasteiger partial charge in [-0.2, -0.15) is 0 Å². The Morgan fingerprint density at radius 2 is 2.27 bits per heavy atom. The summed E-state index contributed by atoms with van der Waals surface area (Å²) in [4.78, 5) is 10.7. The standard InChI is InChI=1S/C12H14O3/c13-12(14)10-5-2-6-11(7-10)15-8-9-3-1-4-9/h2,5-7,9H,1,3-4,8H2,(H,13,14). The molecule has 0 saturated heterocycles. The Morgan fingerprint density at radius 3 is 2.87 bits per heavy atom. The highest BCUT2D eigenvalue weighted by molar-refractivity contribution is 5.87. The van der Waals surface area contributed by atoms with Gasteiger partial charge >= 0.3 is 5.97 Å². The number of carboxylic acids is 1. The number of carboxylic acid groups (broad SMARTS) is 1. The number of hydrogen-bond donors (Lipinski definition) is 1. The van der Waals surface area contributed by atoms with E-state index >= 15 is 0 Å². The molecular weight excluding hydrogens is 192 g/mol. The Kier molecular flexibility index (Phi) is 2.90. The molecule has 0 radical (unpaired) electrons. The van der Waals surface area contributed by atoms with Crippen LogP contribution in [-0.4, -0.2) is 17.7 Å². The average Bonchev–Trinajstić information content (AvgIpc) is 2.16. The summed E-state index contributed by atoms with van der Waals surface area (Å²) in [6.45, 7) is 0.711. The smallest absolute Gasteiger partial charge is 0.335 e. The van der Waals surface area contributed by atoms with Gasteiger partial charge in [0.15, 0.2) is 0 Å². The second-order valence-electron chi connectivity index (χ2n) is 3.94. The van der Waals surface area contributed by atoms with Crippen molar-refractivity contribution in [3.63, 3.8) is 0 Å². The van der Waals surface area contributed by atoms with Gasteiger partial charge in [-0.15, -0.1) is 0 Å². The van der Waals surface area contributed by atoms with E-state index in [-0.39, 0.29) is 5.56 Å². The number of rotatable bonds is 4. The summed E-state index contributed by atoms with van der Waals surface area (Å²) in [5, 5.41) is 8.79. The van der Waals surface area contributed by atoms with Crippen molar-refractivity contribution in [2.24, 2.45) is 5.92 Å². The van der Waals surface area contributed by atoms with E-state index in [1.807, 2.05) is 0 Å². The molecule has 1 aliphatic rings. The fourth-order valence-electron chi connectivity index (χ4n) is 1.59. The minimum atomic E-state index is -0.913. The van der Waals surface area contributed by atoms with E-state index in [9.17, 15) is 4.79 Å². The molecule has 1 aromatic rings. The van der Waals surface area contributed by atoms with Crippen LogP contribution in [0, 0.1) is 5.92 Å². The van der Waals surface area contributed by atoms with Crippen LogP contribution < -0.4 is 4.74 Å². The number of hydrogen-bond acceptors (Lipinski definition) is 2. The summed E-state index contributed by atoms with van der Waals surface area (Å²) in [5.41, 5.74) is 0.279. The van der Waals surface area contributed by atoms with Gasteiger partial charge < -0.3 is 9.84 Å². The molecule has 0 aliphatic heterocycles. The fraction of sp³-hybridized carbons (Fsp3) is 0.417. The molecule has 1 aliphatic carbocycles. The Labute approximate surface area is 88.7 Å². The van der Waals surface area contributed by atoms with Crippen LogP contribution in [0.2, 0.25) is 0 Å². The minimum absolute atomic E-state index is 0.279. The van der Waals surface area contributed by atoms with Gasteiger partial charge in [0.1, 0.15) is 5.75 Å². The van der Waals surface area contributed by atoms with Gasteiger partial charge in [0, 0.05) is 0 Å². The highest BCUT2D eigenvalue weighted by Crippen LogP contribution is 2.27. The van der Waals surface area contributed by atoms with Crippen molar-refractivity contribution in [1.82, 2.24) is 0 Å². The average molecular weight is 206 g/mol. The van der Waals surface area contributed by atoms with Crippen molar-refractivity contribution in [2.45, 2.75) is 19.3 Å². The van der Waals surface area contributed by atoms with Crippen molar-refractivity contribution in [3.05, 3.63) is 29.8 Å². The zero-order valence-electron chi connectivity index (χ0n) is 8.48. The van der Waals surface area contributed by atoms with Crippen molar-refractivity contribution in [3.8, 4) is 5.75 Å². The van der Waals surface area contributed by atoms with Crippen LogP contribution in [-0.2, 0) is 0 Å². The van der Waals surface area contributed by atoms with E-state index in [0.29, 0.717) is 18.3 Å². The van der Waals surface area contributed by atoms with Gasteiger partial charge in [-0.05, 0) is 37.0 Å². The lowest BCUT2D eigenvalue weighted by atomic mass is 9.86. The van der Waals surface area contributed by atoms with Crippen molar-refractivity contribution < 1.29 is 14.6 Å². The molecule has 1 N–H and O–H groups in total. The first-order chi connectivity index (χ1) is 7.25. The van der Waals surface area contributed by atoms with E-state index in [0.717, 1.165) is 0 Å². The molecule has 1 fully saturated rings. The van der Waals surface area contributed by atoms with Crippen LogP contribution >= 0.6 is 0 Å². The predicted octanol–water partition coefficient (Wildman–Crippen LogP) is 2.56. The first kappa shape index (κ1) is 10.0. The van der Waals surface area contributed by atoms with Crippen LogP contribution in [0.3, 0.4) is 0 Å². The van der Waals surface area contributed by atoms with Crippen molar-refractivity contribution in [1.29, 1.82) is 0 Å². The molecule has 15 heavy (non-hydrogen) atoms.